The summed E-state index contributed by atoms with van der Waals surface area (Å²) in [6.07, 6.45) is 3.67. The van der Waals surface area contributed by atoms with Gasteiger partial charge in [0, 0.05) is 19.3 Å². The Kier molecular flexibility index (Phi) is 5.61. The lowest BCUT2D eigenvalue weighted by Gasteiger charge is -2.31. The number of rotatable bonds is 6. The van der Waals surface area contributed by atoms with Crippen LogP contribution in [0.1, 0.15) is 30.7 Å². The third-order valence-electron chi connectivity index (χ3n) is 4.02. The molecule has 1 fully saturated rings. The molecule has 4 heteroatoms. The van der Waals surface area contributed by atoms with Gasteiger partial charge in [0.05, 0.1) is 12.3 Å². The van der Waals surface area contributed by atoms with Gasteiger partial charge in [0.15, 0.2) is 6.10 Å². The van der Waals surface area contributed by atoms with E-state index in [9.17, 15) is 0 Å². The number of morpholine rings is 1. The molecule has 0 bridgehead atoms. The van der Waals surface area contributed by atoms with Gasteiger partial charge in [-0.05, 0) is 30.2 Å². The number of hydrogen-bond acceptors (Lipinski definition) is 4. The van der Waals surface area contributed by atoms with Gasteiger partial charge in [0.25, 0.3) is 0 Å². The second-order valence-electron chi connectivity index (χ2n) is 5.76. The number of aromatic nitrogens is 1. The van der Waals surface area contributed by atoms with Crippen molar-refractivity contribution >= 4 is 0 Å². The van der Waals surface area contributed by atoms with Crippen molar-refractivity contribution in [2.45, 2.75) is 32.0 Å². The highest BCUT2D eigenvalue weighted by molar-refractivity contribution is 5.34. The van der Waals surface area contributed by atoms with Crippen molar-refractivity contribution in [3.63, 3.8) is 0 Å². The topological polar surface area (TPSA) is 43.4 Å². The highest BCUT2D eigenvalue weighted by Gasteiger charge is 2.29. The summed E-state index contributed by atoms with van der Waals surface area (Å²) in [5.74, 6) is 0.930. The molecule has 3 rings (SSSR count). The van der Waals surface area contributed by atoms with E-state index in [4.69, 9.17) is 9.47 Å². The van der Waals surface area contributed by atoms with Gasteiger partial charge in [-0.15, -0.1) is 0 Å². The molecule has 2 heterocycles. The van der Waals surface area contributed by atoms with Gasteiger partial charge in [-0.2, -0.15) is 0 Å². The fraction of sp³-hybridized carbons (Fsp3) is 0.421. The van der Waals surface area contributed by atoms with E-state index in [1.807, 2.05) is 30.3 Å². The van der Waals surface area contributed by atoms with E-state index in [1.165, 1.54) is 5.56 Å². The predicted octanol–water partition coefficient (Wildman–Crippen LogP) is 3.14. The van der Waals surface area contributed by atoms with Crippen molar-refractivity contribution in [2.24, 2.45) is 0 Å². The van der Waals surface area contributed by atoms with Gasteiger partial charge in [-0.25, -0.2) is 0 Å². The normalized spacial score (nSPS) is 19.3. The Balaban J connectivity index is 1.86. The number of aryl methyl sites for hydroxylation is 1. The largest absolute Gasteiger partial charge is 0.481 e. The molecular weight excluding hydrogens is 288 g/mol. The molecule has 122 valence electrons. The quantitative estimate of drug-likeness (QED) is 0.890. The Morgan fingerprint density at radius 2 is 2.13 bits per heavy atom. The molecule has 2 atom stereocenters. The Hall–Kier alpha value is -1.91. The van der Waals surface area contributed by atoms with E-state index in [0.29, 0.717) is 6.61 Å². The smallest absolute Gasteiger partial charge is 0.168 e. The van der Waals surface area contributed by atoms with Crippen LogP contribution in [0.2, 0.25) is 0 Å². The summed E-state index contributed by atoms with van der Waals surface area (Å²) >= 11 is 0. The third-order valence-corrected chi connectivity index (χ3v) is 4.02. The first kappa shape index (κ1) is 16.0. The minimum Gasteiger partial charge on any atom is -0.481 e. The number of ether oxygens (including phenoxy) is 2. The summed E-state index contributed by atoms with van der Waals surface area (Å²) in [5.41, 5.74) is 2.15. The minimum atomic E-state index is -0.206. The number of hydrogen-bond donors (Lipinski definition) is 1. The number of benzene rings is 1. The molecule has 1 saturated heterocycles. The van der Waals surface area contributed by atoms with Crippen LogP contribution < -0.4 is 10.1 Å². The highest BCUT2D eigenvalue weighted by Crippen LogP contribution is 2.29. The Morgan fingerprint density at radius 1 is 1.26 bits per heavy atom. The van der Waals surface area contributed by atoms with E-state index in [2.05, 4.69) is 29.4 Å². The van der Waals surface area contributed by atoms with Gasteiger partial charge in [0.2, 0.25) is 0 Å². The van der Waals surface area contributed by atoms with E-state index >= 15 is 0 Å². The molecular formula is C19H24N2O2. The van der Waals surface area contributed by atoms with E-state index in [0.717, 1.165) is 37.4 Å². The maximum atomic E-state index is 6.40. The van der Waals surface area contributed by atoms with Gasteiger partial charge in [0.1, 0.15) is 11.9 Å². The molecule has 1 N–H and O–H groups in total. The summed E-state index contributed by atoms with van der Waals surface area (Å²) in [7, 11) is 0. The molecule has 1 aromatic heterocycles. The maximum Gasteiger partial charge on any atom is 0.168 e. The SMILES string of the molecule is CCCc1ccccc1OC(c1ccccn1)[C@@H]1CNCCO1. The lowest BCUT2D eigenvalue weighted by atomic mass is 10.1. The van der Waals surface area contributed by atoms with Crippen molar-refractivity contribution < 1.29 is 9.47 Å². The second-order valence-corrected chi connectivity index (χ2v) is 5.76. The lowest BCUT2D eigenvalue weighted by Crippen LogP contribution is -2.43. The zero-order valence-corrected chi connectivity index (χ0v) is 13.6. The number of para-hydroxylation sites is 1. The van der Waals surface area contributed by atoms with Crippen molar-refractivity contribution in [2.75, 3.05) is 19.7 Å². The van der Waals surface area contributed by atoms with Crippen LogP contribution in [-0.2, 0) is 11.2 Å². The van der Waals surface area contributed by atoms with Crippen LogP contribution in [0.4, 0.5) is 0 Å². The Labute approximate surface area is 137 Å². The summed E-state index contributed by atoms with van der Waals surface area (Å²) in [4.78, 5) is 4.49. The summed E-state index contributed by atoms with van der Waals surface area (Å²) in [6, 6.07) is 14.2. The minimum absolute atomic E-state index is 0.0340. The fourth-order valence-electron chi connectivity index (χ4n) is 2.88. The molecule has 1 unspecified atom stereocenters. The van der Waals surface area contributed by atoms with Crippen molar-refractivity contribution in [1.82, 2.24) is 10.3 Å². The summed E-state index contributed by atoms with van der Waals surface area (Å²) in [6.45, 7) is 4.55. The summed E-state index contributed by atoms with van der Waals surface area (Å²) < 4.78 is 12.3. The third kappa shape index (κ3) is 4.09. The maximum absolute atomic E-state index is 6.40. The molecule has 1 aromatic carbocycles. The zero-order chi connectivity index (χ0) is 15.9. The van der Waals surface area contributed by atoms with E-state index < -0.39 is 0 Å². The van der Waals surface area contributed by atoms with Crippen LogP contribution >= 0.6 is 0 Å². The summed E-state index contributed by atoms with van der Waals surface area (Å²) in [5, 5.41) is 3.38. The monoisotopic (exact) mass is 312 g/mol. The van der Waals surface area contributed by atoms with Gasteiger partial charge in [-0.3, -0.25) is 4.98 Å². The molecule has 0 aliphatic carbocycles. The molecule has 0 amide bonds. The lowest BCUT2D eigenvalue weighted by molar-refractivity contribution is -0.0449. The number of pyridine rings is 1. The molecule has 0 saturated carbocycles. The fourth-order valence-corrected chi connectivity index (χ4v) is 2.88. The van der Waals surface area contributed by atoms with Gasteiger partial charge >= 0.3 is 0 Å². The van der Waals surface area contributed by atoms with Crippen LogP contribution in [-0.4, -0.2) is 30.8 Å². The van der Waals surface area contributed by atoms with Crippen molar-refractivity contribution in [3.8, 4) is 5.75 Å². The van der Waals surface area contributed by atoms with Crippen molar-refractivity contribution in [1.29, 1.82) is 0 Å². The van der Waals surface area contributed by atoms with Crippen LogP contribution in [0.25, 0.3) is 0 Å². The highest BCUT2D eigenvalue weighted by atomic mass is 16.5. The number of nitrogens with zero attached hydrogens (tertiary/aromatic N) is 1. The number of nitrogens with one attached hydrogen (secondary N) is 1. The zero-order valence-electron chi connectivity index (χ0n) is 13.6. The molecule has 1 aliphatic heterocycles. The predicted molar refractivity (Wildman–Crippen MR) is 90.7 cm³/mol. The average Bonchev–Trinajstić information content (AvgIpc) is 2.63. The first-order chi connectivity index (χ1) is 11.4. The van der Waals surface area contributed by atoms with Gasteiger partial charge in [-0.1, -0.05) is 37.6 Å². The molecule has 23 heavy (non-hydrogen) atoms. The van der Waals surface area contributed by atoms with E-state index in [-0.39, 0.29) is 12.2 Å². The molecule has 0 radical (unpaired) electrons. The van der Waals surface area contributed by atoms with Crippen LogP contribution in [0.3, 0.4) is 0 Å². The first-order valence-electron chi connectivity index (χ1n) is 8.36. The van der Waals surface area contributed by atoms with E-state index in [1.54, 1.807) is 6.20 Å². The first-order valence-corrected chi connectivity index (χ1v) is 8.36. The molecule has 4 nitrogen and oxygen atoms in total. The Bertz CT molecular complexity index is 597. The Morgan fingerprint density at radius 3 is 2.87 bits per heavy atom. The van der Waals surface area contributed by atoms with Gasteiger partial charge < -0.3 is 14.8 Å². The molecule has 2 aromatic rings. The molecule has 0 spiro atoms. The van der Waals surface area contributed by atoms with Crippen molar-refractivity contribution in [3.05, 3.63) is 59.9 Å². The van der Waals surface area contributed by atoms with Crippen LogP contribution in [0, 0.1) is 0 Å². The molecule has 1 aliphatic rings. The average molecular weight is 312 g/mol. The second kappa shape index (κ2) is 8.09. The van der Waals surface area contributed by atoms with Crippen LogP contribution in [0.15, 0.2) is 48.7 Å². The standard InChI is InChI=1S/C19H24N2O2/c1-2-7-15-8-3-4-10-17(15)23-19(16-9-5-6-11-21-16)18-14-20-12-13-22-18/h3-6,8-11,18-20H,2,7,12-14H2,1H3/t18-,19?/m0/s1. The van der Waals surface area contributed by atoms with Crippen LogP contribution in [0.5, 0.6) is 5.75 Å².